The van der Waals surface area contributed by atoms with E-state index >= 15 is 0 Å². The molecule has 21 heavy (non-hydrogen) atoms. The summed E-state index contributed by atoms with van der Waals surface area (Å²) in [5.74, 6) is 1.16. The zero-order valence-electron chi connectivity index (χ0n) is 13.0. The van der Waals surface area contributed by atoms with E-state index in [2.05, 4.69) is 32.0 Å². The molecule has 0 radical (unpaired) electrons. The van der Waals surface area contributed by atoms with Crippen molar-refractivity contribution in [3.05, 3.63) is 52.1 Å². The third-order valence-corrected chi connectivity index (χ3v) is 4.46. The Hall–Kier alpha value is -2.09. The van der Waals surface area contributed by atoms with Crippen molar-refractivity contribution in [3.8, 4) is 16.9 Å². The van der Waals surface area contributed by atoms with Crippen LogP contribution in [0, 0.1) is 20.8 Å². The normalized spacial score (nSPS) is 13.4. The van der Waals surface area contributed by atoms with Gasteiger partial charge in [0, 0.05) is 17.5 Å². The first-order valence-electron chi connectivity index (χ1n) is 7.34. The van der Waals surface area contributed by atoms with Crippen LogP contribution in [0.1, 0.15) is 39.0 Å². The van der Waals surface area contributed by atoms with E-state index in [0.29, 0.717) is 6.42 Å². The number of benzene rings is 2. The fraction of sp³-hybridized carbons (Fsp3) is 0.316. The van der Waals surface area contributed by atoms with Crippen LogP contribution in [-0.2, 0) is 6.42 Å². The molecule has 2 aromatic carbocycles. The second-order valence-corrected chi connectivity index (χ2v) is 5.85. The molecule has 0 atom stereocenters. The number of ether oxygens (including phenoxy) is 1. The smallest absolute Gasteiger partial charge is 0.163 e. The molecule has 0 unspecified atom stereocenters. The molecule has 0 saturated carbocycles. The molecule has 0 spiro atoms. The zero-order valence-corrected chi connectivity index (χ0v) is 13.0. The Morgan fingerprint density at radius 1 is 0.952 bits per heavy atom. The largest absolute Gasteiger partial charge is 0.496 e. The second-order valence-electron chi connectivity index (χ2n) is 5.85. The van der Waals surface area contributed by atoms with Crippen LogP contribution in [0.5, 0.6) is 5.75 Å². The van der Waals surface area contributed by atoms with Crippen LogP contribution in [0.2, 0.25) is 0 Å². The quantitative estimate of drug-likeness (QED) is 0.773. The minimum Gasteiger partial charge on any atom is -0.496 e. The highest BCUT2D eigenvalue weighted by Crippen LogP contribution is 2.40. The fourth-order valence-electron chi connectivity index (χ4n) is 3.20. The van der Waals surface area contributed by atoms with Gasteiger partial charge < -0.3 is 4.74 Å². The lowest BCUT2D eigenvalue weighted by Gasteiger charge is -2.17. The lowest BCUT2D eigenvalue weighted by molar-refractivity contribution is 0.0984. The average molecular weight is 280 g/mol. The maximum absolute atomic E-state index is 12.5. The van der Waals surface area contributed by atoms with Gasteiger partial charge in [0.1, 0.15) is 5.75 Å². The predicted molar refractivity (Wildman–Crippen MR) is 85.3 cm³/mol. The van der Waals surface area contributed by atoms with E-state index in [1.807, 2.05) is 13.0 Å². The number of Topliss-reactive ketones (excluding diaryl/α,β-unsaturated/α-hetero) is 1. The Kier molecular flexibility index (Phi) is 3.32. The van der Waals surface area contributed by atoms with Crippen LogP contribution in [0.15, 0.2) is 24.3 Å². The Labute approximate surface area is 125 Å². The molecular weight excluding hydrogens is 260 g/mol. The van der Waals surface area contributed by atoms with Gasteiger partial charge in [-0.25, -0.2) is 0 Å². The van der Waals surface area contributed by atoms with Gasteiger partial charge >= 0.3 is 0 Å². The number of carbonyl (C=O) groups is 1. The highest BCUT2D eigenvalue weighted by atomic mass is 16.5. The number of hydrogen-bond donors (Lipinski definition) is 0. The fourth-order valence-corrected chi connectivity index (χ4v) is 3.20. The molecule has 0 N–H and O–H groups in total. The Morgan fingerprint density at radius 2 is 1.71 bits per heavy atom. The second kappa shape index (κ2) is 5.03. The third-order valence-electron chi connectivity index (χ3n) is 4.46. The van der Waals surface area contributed by atoms with E-state index in [1.54, 1.807) is 7.11 Å². The van der Waals surface area contributed by atoms with E-state index in [1.165, 1.54) is 11.1 Å². The molecule has 2 nitrogen and oxygen atoms in total. The van der Waals surface area contributed by atoms with Crippen molar-refractivity contribution in [2.24, 2.45) is 0 Å². The molecule has 1 aliphatic rings. The first-order valence-corrected chi connectivity index (χ1v) is 7.34. The van der Waals surface area contributed by atoms with Gasteiger partial charge in [-0.1, -0.05) is 23.8 Å². The monoisotopic (exact) mass is 280 g/mol. The maximum Gasteiger partial charge on any atom is 0.163 e. The highest BCUT2D eigenvalue weighted by Gasteiger charge is 2.24. The molecule has 1 aliphatic carbocycles. The number of hydrogen-bond acceptors (Lipinski definition) is 2. The first-order chi connectivity index (χ1) is 10.0. The van der Waals surface area contributed by atoms with Gasteiger partial charge in [-0.05, 0) is 55.5 Å². The topological polar surface area (TPSA) is 26.3 Å². The van der Waals surface area contributed by atoms with Gasteiger partial charge in [0.05, 0.1) is 7.11 Å². The molecule has 0 amide bonds. The van der Waals surface area contributed by atoms with Crippen molar-refractivity contribution in [2.75, 3.05) is 7.11 Å². The zero-order chi connectivity index (χ0) is 15.1. The summed E-state index contributed by atoms with van der Waals surface area (Å²) in [5, 5.41) is 0. The summed E-state index contributed by atoms with van der Waals surface area (Å²) >= 11 is 0. The van der Waals surface area contributed by atoms with Gasteiger partial charge in [-0.15, -0.1) is 0 Å². The third kappa shape index (κ3) is 2.15. The molecule has 2 aromatic rings. The van der Waals surface area contributed by atoms with Crippen LogP contribution in [0.3, 0.4) is 0 Å². The standard InChI is InChI=1S/C19H20O2/c1-11-5-6-14-16-10-12(2)13(3)19(21-4)15(16)7-8-18(20)17(14)9-11/h5-6,9-10H,7-8H2,1-4H3. The summed E-state index contributed by atoms with van der Waals surface area (Å²) in [6.07, 6.45) is 1.29. The molecule has 0 fully saturated rings. The van der Waals surface area contributed by atoms with Crippen molar-refractivity contribution in [1.82, 2.24) is 0 Å². The Morgan fingerprint density at radius 3 is 2.43 bits per heavy atom. The lowest BCUT2D eigenvalue weighted by atomic mass is 9.91. The number of ketones is 1. The summed E-state index contributed by atoms with van der Waals surface area (Å²) < 4.78 is 5.64. The van der Waals surface area contributed by atoms with Crippen LogP contribution in [0.25, 0.3) is 11.1 Å². The molecule has 0 bridgehead atoms. The summed E-state index contributed by atoms with van der Waals surface area (Å²) in [5.41, 5.74) is 7.69. The van der Waals surface area contributed by atoms with Crippen molar-refractivity contribution in [2.45, 2.75) is 33.6 Å². The summed E-state index contributed by atoms with van der Waals surface area (Å²) in [4.78, 5) is 12.5. The molecule has 0 heterocycles. The summed E-state index contributed by atoms with van der Waals surface area (Å²) in [6.45, 7) is 6.20. The van der Waals surface area contributed by atoms with Gasteiger partial charge in [0.25, 0.3) is 0 Å². The first kappa shape index (κ1) is 13.9. The number of methoxy groups -OCH3 is 1. The molecule has 0 saturated heterocycles. The van der Waals surface area contributed by atoms with E-state index in [-0.39, 0.29) is 5.78 Å². The van der Waals surface area contributed by atoms with E-state index in [4.69, 9.17) is 4.74 Å². The van der Waals surface area contributed by atoms with Crippen molar-refractivity contribution in [1.29, 1.82) is 0 Å². The maximum atomic E-state index is 12.5. The van der Waals surface area contributed by atoms with Crippen LogP contribution in [0.4, 0.5) is 0 Å². The molecule has 0 aliphatic heterocycles. The molecule has 0 aromatic heterocycles. The number of carbonyl (C=O) groups excluding carboxylic acids is 1. The van der Waals surface area contributed by atoms with Crippen molar-refractivity contribution < 1.29 is 9.53 Å². The lowest BCUT2D eigenvalue weighted by Crippen LogP contribution is -2.00. The van der Waals surface area contributed by atoms with Crippen LogP contribution in [-0.4, -0.2) is 12.9 Å². The van der Waals surface area contributed by atoms with Crippen molar-refractivity contribution in [3.63, 3.8) is 0 Å². The number of rotatable bonds is 1. The molecular formula is C19H20O2. The molecule has 2 heteroatoms. The predicted octanol–water partition coefficient (Wildman–Crippen LogP) is 4.42. The Bertz CT molecular complexity index is 742. The molecule has 3 rings (SSSR count). The average Bonchev–Trinajstić information content (AvgIpc) is 2.59. The number of aryl methyl sites for hydroxylation is 2. The van der Waals surface area contributed by atoms with Gasteiger partial charge in [-0.2, -0.15) is 0 Å². The van der Waals surface area contributed by atoms with Crippen LogP contribution >= 0.6 is 0 Å². The van der Waals surface area contributed by atoms with E-state index < -0.39 is 0 Å². The van der Waals surface area contributed by atoms with Gasteiger partial charge in [0.15, 0.2) is 5.78 Å². The van der Waals surface area contributed by atoms with Gasteiger partial charge in [0.2, 0.25) is 0 Å². The summed E-state index contributed by atoms with van der Waals surface area (Å²) in [6, 6.07) is 8.35. The minimum absolute atomic E-state index is 0.224. The highest BCUT2D eigenvalue weighted by molar-refractivity contribution is 6.04. The SMILES string of the molecule is COc1c(C)c(C)cc2c1CCC(=O)c1cc(C)ccc1-2. The van der Waals surface area contributed by atoms with E-state index in [9.17, 15) is 4.79 Å². The van der Waals surface area contributed by atoms with Crippen LogP contribution < -0.4 is 4.74 Å². The molecule has 108 valence electrons. The number of fused-ring (bicyclic) bond motifs is 3. The minimum atomic E-state index is 0.224. The van der Waals surface area contributed by atoms with E-state index in [0.717, 1.165) is 40.0 Å². The van der Waals surface area contributed by atoms with Crippen molar-refractivity contribution >= 4 is 5.78 Å². The van der Waals surface area contributed by atoms with Gasteiger partial charge in [-0.3, -0.25) is 4.79 Å². The summed E-state index contributed by atoms with van der Waals surface area (Å²) in [7, 11) is 1.71. The Balaban J connectivity index is 2.37.